The zero-order chi connectivity index (χ0) is 10.7. The van der Waals surface area contributed by atoms with E-state index in [-0.39, 0.29) is 6.61 Å². The number of hydrogen-bond acceptors (Lipinski definition) is 3. The Bertz CT molecular complexity index is 459. The zero-order valence-corrected chi connectivity index (χ0v) is 8.65. The van der Waals surface area contributed by atoms with Crippen molar-refractivity contribution in [2.75, 3.05) is 0 Å². The van der Waals surface area contributed by atoms with Gasteiger partial charge in [0, 0.05) is 23.5 Å². The van der Waals surface area contributed by atoms with Crippen molar-refractivity contribution < 1.29 is 5.11 Å². The Labute approximate surface area is 92.4 Å². The van der Waals surface area contributed by atoms with Crippen LogP contribution in [0.3, 0.4) is 0 Å². The summed E-state index contributed by atoms with van der Waals surface area (Å²) < 4.78 is 0. The molecule has 15 heavy (non-hydrogen) atoms. The molecule has 0 unspecified atom stereocenters. The van der Waals surface area contributed by atoms with Crippen LogP contribution in [0, 0.1) is 0 Å². The van der Waals surface area contributed by atoms with Crippen molar-refractivity contribution in [2.24, 2.45) is 0 Å². The van der Waals surface area contributed by atoms with Gasteiger partial charge in [-0.25, -0.2) is 4.98 Å². The van der Waals surface area contributed by atoms with Gasteiger partial charge in [-0.1, -0.05) is 17.7 Å². The Morgan fingerprint density at radius 1 is 1.13 bits per heavy atom. The molecule has 2 rings (SSSR count). The van der Waals surface area contributed by atoms with Crippen LogP contribution in [-0.4, -0.2) is 15.1 Å². The second-order valence-electron chi connectivity index (χ2n) is 3.04. The zero-order valence-electron chi connectivity index (χ0n) is 7.89. The van der Waals surface area contributed by atoms with E-state index in [1.807, 2.05) is 18.2 Å². The van der Waals surface area contributed by atoms with Crippen LogP contribution >= 0.6 is 11.6 Å². The molecule has 0 aliphatic carbocycles. The highest BCUT2D eigenvalue weighted by molar-refractivity contribution is 6.30. The summed E-state index contributed by atoms with van der Waals surface area (Å²) in [6.45, 7) is -0.0948. The molecule has 1 N–H and O–H groups in total. The smallest absolute Gasteiger partial charge is 0.135 e. The second kappa shape index (κ2) is 4.38. The van der Waals surface area contributed by atoms with Gasteiger partial charge in [0.05, 0.1) is 12.3 Å². The fourth-order valence-electron chi connectivity index (χ4n) is 1.26. The molecule has 76 valence electrons. The molecule has 2 aromatic rings. The predicted molar refractivity (Wildman–Crippen MR) is 58.4 cm³/mol. The normalized spacial score (nSPS) is 10.3. The molecule has 0 aliphatic rings. The first-order valence-corrected chi connectivity index (χ1v) is 4.86. The minimum atomic E-state index is -0.0948. The van der Waals surface area contributed by atoms with Gasteiger partial charge in [0.1, 0.15) is 5.15 Å². The second-order valence-corrected chi connectivity index (χ2v) is 3.40. The van der Waals surface area contributed by atoms with Gasteiger partial charge in [0.2, 0.25) is 0 Å². The topological polar surface area (TPSA) is 46.0 Å². The van der Waals surface area contributed by atoms with E-state index in [4.69, 9.17) is 16.7 Å². The first kappa shape index (κ1) is 10.1. The van der Waals surface area contributed by atoms with Crippen molar-refractivity contribution in [3.8, 4) is 11.3 Å². The number of rotatable bonds is 2. The van der Waals surface area contributed by atoms with Crippen molar-refractivity contribution in [3.63, 3.8) is 0 Å². The molecule has 0 spiro atoms. The Morgan fingerprint density at radius 3 is 2.47 bits per heavy atom. The van der Waals surface area contributed by atoms with Gasteiger partial charge in [-0.15, -0.1) is 0 Å². The Kier molecular flexibility index (Phi) is 2.94. The van der Waals surface area contributed by atoms with E-state index in [0.29, 0.717) is 10.7 Å². The number of nitrogens with zero attached hydrogens (tertiary/aromatic N) is 2. The monoisotopic (exact) mass is 220 g/mol. The predicted octanol–water partition coefficient (Wildman–Crippen LogP) is 2.29. The van der Waals surface area contributed by atoms with Crippen LogP contribution in [-0.2, 0) is 6.61 Å². The van der Waals surface area contributed by atoms with E-state index >= 15 is 0 Å². The average Bonchev–Trinajstić information content (AvgIpc) is 2.30. The minimum Gasteiger partial charge on any atom is -0.392 e. The standard InChI is InChI=1S/C11H9ClN2O/c12-11-9(7-15)1-2-10(14-11)8-3-5-13-6-4-8/h1-6,15H,7H2. The van der Waals surface area contributed by atoms with E-state index in [9.17, 15) is 0 Å². The summed E-state index contributed by atoms with van der Waals surface area (Å²) in [5, 5.41) is 9.29. The maximum absolute atomic E-state index is 8.95. The molecule has 0 radical (unpaired) electrons. The SMILES string of the molecule is OCc1ccc(-c2ccncc2)nc1Cl. The molecule has 0 bridgehead atoms. The maximum Gasteiger partial charge on any atom is 0.135 e. The maximum atomic E-state index is 8.95. The molecular formula is C11H9ClN2O. The largest absolute Gasteiger partial charge is 0.392 e. The quantitative estimate of drug-likeness (QED) is 0.790. The van der Waals surface area contributed by atoms with Gasteiger partial charge in [0.15, 0.2) is 0 Å². The number of aromatic nitrogens is 2. The summed E-state index contributed by atoms with van der Waals surface area (Å²) >= 11 is 5.89. The number of aliphatic hydroxyl groups is 1. The third kappa shape index (κ3) is 2.14. The summed E-state index contributed by atoms with van der Waals surface area (Å²) in [6.07, 6.45) is 3.40. The van der Waals surface area contributed by atoms with Gasteiger partial charge in [0.25, 0.3) is 0 Å². The number of aliphatic hydroxyl groups excluding tert-OH is 1. The molecule has 0 saturated carbocycles. The fraction of sp³-hybridized carbons (Fsp3) is 0.0909. The van der Waals surface area contributed by atoms with Gasteiger partial charge < -0.3 is 5.11 Å². The van der Waals surface area contributed by atoms with Crippen LogP contribution in [0.15, 0.2) is 36.7 Å². The molecule has 0 saturated heterocycles. The van der Waals surface area contributed by atoms with Gasteiger partial charge >= 0.3 is 0 Å². The summed E-state index contributed by atoms with van der Waals surface area (Å²) in [5.74, 6) is 0. The molecule has 0 atom stereocenters. The number of halogens is 1. The molecule has 0 fully saturated rings. The van der Waals surface area contributed by atoms with Crippen molar-refractivity contribution in [1.82, 2.24) is 9.97 Å². The molecule has 4 heteroatoms. The highest BCUT2D eigenvalue weighted by Crippen LogP contribution is 2.20. The Balaban J connectivity index is 2.43. The third-order valence-corrected chi connectivity index (χ3v) is 2.40. The van der Waals surface area contributed by atoms with Crippen LogP contribution < -0.4 is 0 Å². The Morgan fingerprint density at radius 2 is 1.87 bits per heavy atom. The third-order valence-electron chi connectivity index (χ3n) is 2.07. The van der Waals surface area contributed by atoms with Crippen molar-refractivity contribution in [1.29, 1.82) is 0 Å². The summed E-state index contributed by atoms with van der Waals surface area (Å²) in [4.78, 5) is 8.12. The number of pyridine rings is 2. The van der Waals surface area contributed by atoms with Crippen LogP contribution in [0.4, 0.5) is 0 Å². The Hall–Kier alpha value is -1.45. The summed E-state index contributed by atoms with van der Waals surface area (Å²) in [5.41, 5.74) is 2.37. The van der Waals surface area contributed by atoms with E-state index < -0.39 is 0 Å². The fourth-order valence-corrected chi connectivity index (χ4v) is 1.48. The van der Waals surface area contributed by atoms with Crippen molar-refractivity contribution >= 4 is 11.6 Å². The molecule has 3 nitrogen and oxygen atoms in total. The van der Waals surface area contributed by atoms with E-state index in [2.05, 4.69) is 9.97 Å². The van der Waals surface area contributed by atoms with Crippen LogP contribution in [0.25, 0.3) is 11.3 Å². The highest BCUT2D eigenvalue weighted by atomic mass is 35.5. The first-order chi connectivity index (χ1) is 7.31. The summed E-state index contributed by atoms with van der Waals surface area (Å²) in [6, 6.07) is 7.31. The average molecular weight is 221 g/mol. The van der Waals surface area contributed by atoms with Gasteiger partial charge in [-0.3, -0.25) is 4.98 Å². The lowest BCUT2D eigenvalue weighted by Gasteiger charge is -2.03. The van der Waals surface area contributed by atoms with E-state index in [1.165, 1.54) is 0 Å². The molecule has 2 heterocycles. The van der Waals surface area contributed by atoms with Crippen molar-refractivity contribution in [2.45, 2.75) is 6.61 Å². The lowest BCUT2D eigenvalue weighted by molar-refractivity contribution is 0.281. The minimum absolute atomic E-state index is 0.0948. The van der Waals surface area contributed by atoms with Crippen LogP contribution in [0.5, 0.6) is 0 Å². The lowest BCUT2D eigenvalue weighted by atomic mass is 10.1. The van der Waals surface area contributed by atoms with Gasteiger partial charge in [-0.2, -0.15) is 0 Å². The first-order valence-electron chi connectivity index (χ1n) is 4.48. The van der Waals surface area contributed by atoms with Crippen molar-refractivity contribution in [3.05, 3.63) is 47.4 Å². The molecule has 0 aromatic carbocycles. The van der Waals surface area contributed by atoms with Crippen LogP contribution in [0.1, 0.15) is 5.56 Å². The van der Waals surface area contributed by atoms with Gasteiger partial charge in [-0.05, 0) is 18.2 Å². The van der Waals surface area contributed by atoms with E-state index in [1.54, 1.807) is 18.5 Å². The summed E-state index contributed by atoms with van der Waals surface area (Å²) in [7, 11) is 0. The highest BCUT2D eigenvalue weighted by Gasteiger charge is 2.03. The van der Waals surface area contributed by atoms with E-state index in [0.717, 1.165) is 11.3 Å². The molecule has 2 aromatic heterocycles. The molecule has 0 amide bonds. The lowest BCUT2D eigenvalue weighted by Crippen LogP contribution is -1.90. The molecular weight excluding hydrogens is 212 g/mol. The van der Waals surface area contributed by atoms with Crippen LogP contribution in [0.2, 0.25) is 5.15 Å². The number of hydrogen-bond donors (Lipinski definition) is 1. The molecule has 0 aliphatic heterocycles.